The Bertz CT molecular complexity index is 685. The maximum absolute atomic E-state index is 12.8. The molecule has 1 aliphatic rings. The summed E-state index contributed by atoms with van der Waals surface area (Å²) in [7, 11) is 1.96. The van der Waals surface area contributed by atoms with E-state index >= 15 is 0 Å². The Balaban J connectivity index is 1.74. The molecule has 5 nitrogen and oxygen atoms in total. The number of likely N-dealkylation sites (tertiary alicyclic amines) is 1. The lowest BCUT2D eigenvalue weighted by molar-refractivity contribution is 0.0703. The van der Waals surface area contributed by atoms with Gasteiger partial charge in [0, 0.05) is 37.4 Å². The molecule has 1 saturated heterocycles. The highest BCUT2D eigenvalue weighted by molar-refractivity contribution is 7.97. The van der Waals surface area contributed by atoms with Crippen molar-refractivity contribution in [3.05, 3.63) is 47.5 Å². The van der Waals surface area contributed by atoms with E-state index in [1.54, 1.807) is 18.1 Å². The predicted octanol–water partition coefficient (Wildman–Crippen LogP) is 2.70. The summed E-state index contributed by atoms with van der Waals surface area (Å²) in [6, 6.07) is 7.98. The molecule has 0 radical (unpaired) electrons. The Hall–Kier alpha value is -1.82. The third-order valence-electron chi connectivity index (χ3n) is 4.31. The Morgan fingerprint density at radius 2 is 2.30 bits per heavy atom. The molecule has 1 atom stereocenters. The van der Waals surface area contributed by atoms with E-state index in [-0.39, 0.29) is 11.8 Å². The highest BCUT2D eigenvalue weighted by Crippen LogP contribution is 2.26. The molecule has 0 spiro atoms. The van der Waals surface area contributed by atoms with Crippen molar-refractivity contribution < 1.29 is 4.79 Å². The molecule has 23 heavy (non-hydrogen) atoms. The zero-order valence-electron chi connectivity index (χ0n) is 13.6. The Morgan fingerprint density at radius 3 is 3.04 bits per heavy atom. The number of benzene rings is 1. The molecule has 1 aromatic heterocycles. The van der Waals surface area contributed by atoms with Gasteiger partial charge in [-0.05, 0) is 36.8 Å². The lowest BCUT2D eigenvalue weighted by Gasteiger charge is -2.32. The second-order valence-electron chi connectivity index (χ2n) is 6.02. The first-order valence-corrected chi connectivity index (χ1v) is 9.29. The van der Waals surface area contributed by atoms with Crippen LogP contribution in [0, 0.1) is 0 Å². The van der Waals surface area contributed by atoms with Crippen LogP contribution < -0.4 is 0 Å². The molecule has 122 valence electrons. The maximum atomic E-state index is 12.8. The minimum atomic E-state index is 0.125. The molecule has 1 fully saturated rings. The van der Waals surface area contributed by atoms with Gasteiger partial charge in [-0.3, -0.25) is 4.79 Å². The first-order chi connectivity index (χ1) is 11.2. The maximum Gasteiger partial charge on any atom is 0.253 e. The van der Waals surface area contributed by atoms with E-state index in [0.29, 0.717) is 0 Å². The van der Waals surface area contributed by atoms with Crippen molar-refractivity contribution in [2.45, 2.75) is 24.5 Å². The van der Waals surface area contributed by atoms with Crippen molar-refractivity contribution in [2.24, 2.45) is 7.05 Å². The Morgan fingerprint density at radius 1 is 1.43 bits per heavy atom. The highest BCUT2D eigenvalue weighted by Gasteiger charge is 2.28. The first-order valence-electron chi connectivity index (χ1n) is 7.90. The Labute approximate surface area is 141 Å². The summed E-state index contributed by atoms with van der Waals surface area (Å²) in [5.41, 5.74) is 1.99. The van der Waals surface area contributed by atoms with Crippen LogP contribution in [0.25, 0.3) is 0 Å². The van der Waals surface area contributed by atoms with Crippen molar-refractivity contribution in [2.75, 3.05) is 19.3 Å². The highest BCUT2D eigenvalue weighted by atomic mass is 32.2. The minimum Gasteiger partial charge on any atom is -0.338 e. The predicted molar refractivity (Wildman–Crippen MR) is 92.5 cm³/mol. The number of hydrogen-bond acceptors (Lipinski definition) is 4. The standard InChI is InChI=1S/C17H22N4OS/c1-20-12-18-19-16(20)15-7-4-8-21(10-15)17(22)14-6-3-5-13(9-14)11-23-2/h3,5-6,9,12,15H,4,7-8,10-11H2,1-2H3/t15-/m1/s1. The Kier molecular flexibility index (Phi) is 5.00. The fourth-order valence-corrected chi connectivity index (χ4v) is 3.69. The lowest BCUT2D eigenvalue weighted by atomic mass is 9.96. The van der Waals surface area contributed by atoms with Crippen LogP contribution in [0.4, 0.5) is 0 Å². The number of aryl methyl sites for hydroxylation is 1. The molecule has 0 saturated carbocycles. The van der Waals surface area contributed by atoms with Crippen LogP contribution in [0.15, 0.2) is 30.6 Å². The van der Waals surface area contributed by atoms with Gasteiger partial charge in [-0.2, -0.15) is 11.8 Å². The smallest absolute Gasteiger partial charge is 0.253 e. The second-order valence-corrected chi connectivity index (χ2v) is 6.89. The third-order valence-corrected chi connectivity index (χ3v) is 4.93. The number of nitrogens with zero attached hydrogens (tertiary/aromatic N) is 4. The molecule has 1 aliphatic heterocycles. The SMILES string of the molecule is CSCc1cccc(C(=O)N2CCC[C@@H](c3nncn3C)C2)c1. The van der Waals surface area contributed by atoms with E-state index in [9.17, 15) is 4.79 Å². The zero-order valence-corrected chi connectivity index (χ0v) is 14.4. The summed E-state index contributed by atoms with van der Waals surface area (Å²) in [5, 5.41) is 8.18. The zero-order chi connectivity index (χ0) is 16.2. The van der Waals surface area contributed by atoms with Crippen LogP contribution in [0.3, 0.4) is 0 Å². The fraction of sp³-hybridized carbons (Fsp3) is 0.471. The van der Waals surface area contributed by atoms with E-state index in [0.717, 1.165) is 43.1 Å². The van der Waals surface area contributed by atoms with E-state index in [1.807, 2.05) is 34.7 Å². The number of amides is 1. The van der Waals surface area contributed by atoms with Gasteiger partial charge in [0.05, 0.1) is 0 Å². The summed E-state index contributed by atoms with van der Waals surface area (Å²) in [5.74, 6) is 2.30. The first kappa shape index (κ1) is 16.1. The van der Waals surface area contributed by atoms with Gasteiger partial charge in [0.25, 0.3) is 5.91 Å². The molecule has 6 heteroatoms. The van der Waals surface area contributed by atoms with E-state index in [1.165, 1.54) is 5.56 Å². The number of hydrogen-bond donors (Lipinski definition) is 0. The third kappa shape index (κ3) is 3.58. The second kappa shape index (κ2) is 7.17. The normalized spacial score (nSPS) is 18.2. The van der Waals surface area contributed by atoms with Crippen LogP contribution in [0.2, 0.25) is 0 Å². The number of carbonyl (C=O) groups excluding carboxylic acids is 1. The van der Waals surface area contributed by atoms with Crippen molar-refractivity contribution in [1.29, 1.82) is 0 Å². The molecule has 0 N–H and O–H groups in total. The average Bonchev–Trinajstić information content (AvgIpc) is 3.01. The number of aromatic nitrogens is 3. The lowest BCUT2D eigenvalue weighted by Crippen LogP contribution is -2.39. The molecular weight excluding hydrogens is 308 g/mol. The minimum absolute atomic E-state index is 0.125. The molecule has 1 amide bonds. The molecule has 3 rings (SSSR count). The van der Waals surface area contributed by atoms with Crippen LogP contribution in [0.1, 0.15) is 40.5 Å². The molecular formula is C17H22N4OS. The van der Waals surface area contributed by atoms with Crippen LogP contribution in [-0.4, -0.2) is 44.9 Å². The summed E-state index contributed by atoms with van der Waals surface area (Å²) < 4.78 is 1.96. The fourth-order valence-electron chi connectivity index (χ4n) is 3.18. The summed E-state index contributed by atoms with van der Waals surface area (Å²) in [4.78, 5) is 14.8. The number of thioether (sulfide) groups is 1. The van der Waals surface area contributed by atoms with Gasteiger partial charge in [-0.15, -0.1) is 10.2 Å². The summed E-state index contributed by atoms with van der Waals surface area (Å²) in [6.45, 7) is 1.54. The molecule has 0 aliphatic carbocycles. The number of rotatable bonds is 4. The average molecular weight is 330 g/mol. The van der Waals surface area contributed by atoms with Crippen molar-refractivity contribution >= 4 is 17.7 Å². The monoisotopic (exact) mass is 330 g/mol. The van der Waals surface area contributed by atoms with E-state index in [4.69, 9.17) is 0 Å². The summed E-state index contributed by atoms with van der Waals surface area (Å²) in [6.07, 6.45) is 5.86. The van der Waals surface area contributed by atoms with Gasteiger partial charge in [0.2, 0.25) is 0 Å². The molecule has 2 aromatic rings. The van der Waals surface area contributed by atoms with E-state index < -0.39 is 0 Å². The molecule has 1 aromatic carbocycles. The van der Waals surface area contributed by atoms with Crippen molar-refractivity contribution in [1.82, 2.24) is 19.7 Å². The number of piperidine rings is 1. The van der Waals surface area contributed by atoms with Crippen molar-refractivity contribution in [3.8, 4) is 0 Å². The topological polar surface area (TPSA) is 51.0 Å². The largest absolute Gasteiger partial charge is 0.338 e. The quantitative estimate of drug-likeness (QED) is 0.865. The van der Waals surface area contributed by atoms with E-state index in [2.05, 4.69) is 22.5 Å². The van der Waals surface area contributed by atoms with Crippen LogP contribution in [-0.2, 0) is 12.8 Å². The van der Waals surface area contributed by atoms with Gasteiger partial charge < -0.3 is 9.47 Å². The molecule has 2 heterocycles. The van der Waals surface area contributed by atoms with Gasteiger partial charge in [0.1, 0.15) is 12.2 Å². The number of carbonyl (C=O) groups is 1. The van der Waals surface area contributed by atoms with Crippen molar-refractivity contribution in [3.63, 3.8) is 0 Å². The van der Waals surface area contributed by atoms with Gasteiger partial charge >= 0.3 is 0 Å². The molecule has 0 unspecified atom stereocenters. The van der Waals surface area contributed by atoms with Gasteiger partial charge in [-0.25, -0.2) is 0 Å². The van der Waals surface area contributed by atoms with Crippen LogP contribution >= 0.6 is 11.8 Å². The molecule has 0 bridgehead atoms. The summed E-state index contributed by atoms with van der Waals surface area (Å²) >= 11 is 1.77. The van der Waals surface area contributed by atoms with Gasteiger partial charge in [-0.1, -0.05) is 12.1 Å². The van der Waals surface area contributed by atoms with Gasteiger partial charge in [0.15, 0.2) is 0 Å². The van der Waals surface area contributed by atoms with Crippen LogP contribution in [0.5, 0.6) is 0 Å².